The fraction of sp³-hybridized carbons (Fsp3) is 1.00. The molecule has 0 amide bonds. The Morgan fingerprint density at radius 1 is 1.42 bits per heavy atom. The normalized spacial score (nSPS) is 31.8. The molecule has 0 bridgehead atoms. The van der Waals surface area contributed by atoms with Gasteiger partial charge in [0.25, 0.3) is 0 Å². The van der Waals surface area contributed by atoms with Crippen LogP contribution < -0.4 is 5.73 Å². The minimum Gasteiger partial charge on any atom is -0.327 e. The zero-order valence-electron chi connectivity index (χ0n) is 8.29. The zero-order valence-corrected chi connectivity index (χ0v) is 9.10. The molecular weight excluding hydrogens is 172 g/mol. The van der Waals surface area contributed by atoms with Crippen LogP contribution >= 0.6 is 12.4 Å². The van der Waals surface area contributed by atoms with Gasteiger partial charge in [0.1, 0.15) is 0 Å². The average molecular weight is 193 g/mol. The summed E-state index contributed by atoms with van der Waals surface area (Å²) in [5.41, 5.74) is 6.02. The van der Waals surface area contributed by atoms with Gasteiger partial charge in [-0.15, -0.1) is 12.4 Å². The molecule has 0 aromatic rings. The van der Waals surface area contributed by atoms with Gasteiger partial charge in [0.05, 0.1) is 0 Å². The van der Waals surface area contributed by atoms with Gasteiger partial charge >= 0.3 is 0 Å². The Morgan fingerprint density at radius 3 is 2.42 bits per heavy atom. The highest BCUT2D eigenvalue weighted by Gasteiger charge is 2.26. The lowest BCUT2D eigenvalue weighted by molar-refractivity contribution is 0.150. The Hall–Kier alpha value is 0.210. The molecule has 0 radical (unpaired) electrons. The van der Waals surface area contributed by atoms with Crippen LogP contribution in [-0.2, 0) is 0 Å². The molecular formula is C9H21ClN2. The minimum atomic E-state index is 0. The molecule has 2 unspecified atom stereocenters. The molecule has 1 fully saturated rings. The lowest BCUT2D eigenvalue weighted by Gasteiger charge is -2.37. The number of likely N-dealkylation sites (tertiary alicyclic amines) is 1. The van der Waals surface area contributed by atoms with Gasteiger partial charge in [0.15, 0.2) is 0 Å². The molecule has 1 saturated heterocycles. The molecule has 0 aromatic heterocycles. The quantitative estimate of drug-likeness (QED) is 0.680. The second kappa shape index (κ2) is 5.05. The second-order valence-corrected chi connectivity index (χ2v) is 4.12. The Balaban J connectivity index is 0.00000121. The van der Waals surface area contributed by atoms with Gasteiger partial charge in [-0.3, -0.25) is 0 Å². The number of hydrogen-bond donors (Lipinski definition) is 1. The third-order valence-electron chi connectivity index (χ3n) is 2.77. The fourth-order valence-electron chi connectivity index (χ4n) is 1.88. The van der Waals surface area contributed by atoms with Crippen molar-refractivity contribution in [2.45, 2.75) is 26.3 Å². The SMILES string of the molecule is CC(C)C1CN(C)CCC1N.Cl. The van der Waals surface area contributed by atoms with Gasteiger partial charge in [-0.05, 0) is 31.8 Å². The molecule has 2 atom stereocenters. The van der Waals surface area contributed by atoms with Crippen LogP contribution in [0.5, 0.6) is 0 Å². The molecule has 0 aromatic carbocycles. The number of hydrogen-bond acceptors (Lipinski definition) is 2. The fourth-order valence-corrected chi connectivity index (χ4v) is 1.88. The highest BCUT2D eigenvalue weighted by molar-refractivity contribution is 5.85. The summed E-state index contributed by atoms with van der Waals surface area (Å²) in [6.45, 7) is 6.89. The predicted octanol–water partition coefficient (Wildman–Crippen LogP) is 1.34. The minimum absolute atomic E-state index is 0. The summed E-state index contributed by atoms with van der Waals surface area (Å²) in [6, 6.07) is 0.436. The van der Waals surface area contributed by atoms with E-state index in [4.69, 9.17) is 5.73 Å². The molecule has 74 valence electrons. The van der Waals surface area contributed by atoms with Crippen LogP contribution in [0, 0.1) is 11.8 Å². The van der Waals surface area contributed by atoms with Gasteiger partial charge < -0.3 is 10.6 Å². The monoisotopic (exact) mass is 192 g/mol. The van der Waals surface area contributed by atoms with Crippen LogP contribution in [0.15, 0.2) is 0 Å². The van der Waals surface area contributed by atoms with Crippen LogP contribution in [0.25, 0.3) is 0 Å². The summed E-state index contributed by atoms with van der Waals surface area (Å²) in [7, 11) is 2.18. The van der Waals surface area contributed by atoms with E-state index in [1.54, 1.807) is 0 Å². The maximum Gasteiger partial charge on any atom is 0.00939 e. The van der Waals surface area contributed by atoms with Crippen molar-refractivity contribution in [2.75, 3.05) is 20.1 Å². The van der Waals surface area contributed by atoms with E-state index < -0.39 is 0 Å². The number of halogens is 1. The van der Waals surface area contributed by atoms with Gasteiger partial charge in [0.2, 0.25) is 0 Å². The van der Waals surface area contributed by atoms with Crippen molar-refractivity contribution in [1.29, 1.82) is 0 Å². The van der Waals surface area contributed by atoms with E-state index >= 15 is 0 Å². The zero-order chi connectivity index (χ0) is 8.43. The smallest absolute Gasteiger partial charge is 0.00939 e. The van der Waals surface area contributed by atoms with E-state index in [-0.39, 0.29) is 12.4 Å². The van der Waals surface area contributed by atoms with Crippen molar-refractivity contribution in [3.8, 4) is 0 Å². The van der Waals surface area contributed by atoms with Crippen LogP contribution in [-0.4, -0.2) is 31.1 Å². The summed E-state index contributed by atoms with van der Waals surface area (Å²) < 4.78 is 0. The lowest BCUT2D eigenvalue weighted by atomic mass is 9.84. The Morgan fingerprint density at radius 2 is 2.00 bits per heavy atom. The topological polar surface area (TPSA) is 29.3 Å². The van der Waals surface area contributed by atoms with Crippen LogP contribution in [0.2, 0.25) is 0 Å². The molecule has 1 heterocycles. The van der Waals surface area contributed by atoms with Gasteiger partial charge in [-0.2, -0.15) is 0 Å². The first-order valence-electron chi connectivity index (χ1n) is 4.55. The third kappa shape index (κ3) is 2.92. The van der Waals surface area contributed by atoms with Crippen molar-refractivity contribution in [3.63, 3.8) is 0 Å². The molecule has 0 spiro atoms. The number of rotatable bonds is 1. The highest BCUT2D eigenvalue weighted by Crippen LogP contribution is 2.21. The van der Waals surface area contributed by atoms with Gasteiger partial charge in [-0.1, -0.05) is 13.8 Å². The summed E-state index contributed by atoms with van der Waals surface area (Å²) in [5, 5.41) is 0. The number of nitrogens with two attached hydrogens (primary N) is 1. The second-order valence-electron chi connectivity index (χ2n) is 4.12. The maximum atomic E-state index is 6.02. The summed E-state index contributed by atoms with van der Waals surface area (Å²) in [6.07, 6.45) is 1.17. The summed E-state index contributed by atoms with van der Waals surface area (Å²) in [4.78, 5) is 2.38. The predicted molar refractivity (Wildman–Crippen MR) is 55.7 cm³/mol. The molecule has 1 aliphatic heterocycles. The molecule has 3 heteroatoms. The van der Waals surface area contributed by atoms with Crippen molar-refractivity contribution < 1.29 is 0 Å². The molecule has 1 rings (SSSR count). The van der Waals surface area contributed by atoms with E-state index in [9.17, 15) is 0 Å². The van der Waals surface area contributed by atoms with Crippen LogP contribution in [0.4, 0.5) is 0 Å². The molecule has 2 nitrogen and oxygen atoms in total. The van der Waals surface area contributed by atoms with Gasteiger partial charge in [0, 0.05) is 12.6 Å². The van der Waals surface area contributed by atoms with Crippen molar-refractivity contribution in [1.82, 2.24) is 4.90 Å². The highest BCUT2D eigenvalue weighted by atomic mass is 35.5. The Labute approximate surface area is 81.9 Å². The lowest BCUT2D eigenvalue weighted by Crippen LogP contribution is -2.47. The number of nitrogens with zero attached hydrogens (tertiary/aromatic N) is 1. The van der Waals surface area contributed by atoms with Crippen LogP contribution in [0.3, 0.4) is 0 Å². The number of piperidine rings is 1. The van der Waals surface area contributed by atoms with Crippen LogP contribution in [0.1, 0.15) is 20.3 Å². The molecule has 12 heavy (non-hydrogen) atoms. The third-order valence-corrected chi connectivity index (χ3v) is 2.77. The first-order chi connectivity index (χ1) is 5.11. The first kappa shape index (κ1) is 12.2. The van der Waals surface area contributed by atoms with E-state index in [0.29, 0.717) is 12.0 Å². The van der Waals surface area contributed by atoms with E-state index in [1.165, 1.54) is 19.5 Å². The van der Waals surface area contributed by atoms with Crippen molar-refractivity contribution >= 4 is 12.4 Å². The average Bonchev–Trinajstić information content (AvgIpc) is 1.94. The largest absolute Gasteiger partial charge is 0.327 e. The van der Waals surface area contributed by atoms with E-state index in [1.807, 2.05) is 0 Å². The first-order valence-corrected chi connectivity index (χ1v) is 4.55. The summed E-state index contributed by atoms with van der Waals surface area (Å²) in [5.74, 6) is 1.43. The maximum absolute atomic E-state index is 6.02. The summed E-state index contributed by atoms with van der Waals surface area (Å²) >= 11 is 0. The van der Waals surface area contributed by atoms with E-state index in [2.05, 4.69) is 25.8 Å². The molecule has 1 aliphatic rings. The Kier molecular flexibility index (Phi) is 5.14. The van der Waals surface area contributed by atoms with Crippen molar-refractivity contribution in [2.24, 2.45) is 17.6 Å². The van der Waals surface area contributed by atoms with Gasteiger partial charge in [-0.25, -0.2) is 0 Å². The molecule has 2 N–H and O–H groups in total. The van der Waals surface area contributed by atoms with Crippen molar-refractivity contribution in [3.05, 3.63) is 0 Å². The Bertz CT molecular complexity index is 128. The van der Waals surface area contributed by atoms with E-state index in [0.717, 1.165) is 5.92 Å². The molecule has 0 saturated carbocycles. The standard InChI is InChI=1S/C9H20N2.ClH/c1-7(2)8-6-11(3)5-4-9(8)10;/h7-9H,4-6,10H2,1-3H3;1H. The molecule has 0 aliphatic carbocycles.